The minimum atomic E-state index is -0.265. The van der Waals surface area contributed by atoms with E-state index in [1.807, 2.05) is 24.3 Å². The van der Waals surface area contributed by atoms with Gasteiger partial charge >= 0.3 is 0 Å². The van der Waals surface area contributed by atoms with Gasteiger partial charge in [-0.05, 0) is 49.1 Å². The molecule has 2 bridgehead atoms. The van der Waals surface area contributed by atoms with Crippen LogP contribution in [0.1, 0.15) is 35.4 Å². The summed E-state index contributed by atoms with van der Waals surface area (Å²) >= 11 is 0. The summed E-state index contributed by atoms with van der Waals surface area (Å²) in [4.78, 5) is 16.4. The fraction of sp³-hybridized carbons (Fsp3) is 0.400. The van der Waals surface area contributed by atoms with Crippen LogP contribution >= 0.6 is 24.0 Å². The van der Waals surface area contributed by atoms with Crippen molar-refractivity contribution in [2.45, 2.75) is 44.1 Å². The van der Waals surface area contributed by atoms with Crippen LogP contribution in [0, 0.1) is 0 Å². The van der Waals surface area contributed by atoms with Crippen molar-refractivity contribution in [1.82, 2.24) is 10.6 Å². The quantitative estimate of drug-likeness (QED) is 0.337. The van der Waals surface area contributed by atoms with Gasteiger partial charge in [0.15, 0.2) is 11.7 Å². The number of nitrogens with zero attached hydrogens (tertiary/aromatic N) is 1. The number of aliphatic imine (C=N–C) groups is 1. The summed E-state index contributed by atoms with van der Waals surface area (Å²) in [5.74, 6) is 0.788. The van der Waals surface area contributed by atoms with Crippen molar-refractivity contribution >= 4 is 41.5 Å². The second-order valence-electron chi connectivity index (χ2n) is 6.92. The van der Waals surface area contributed by atoms with Gasteiger partial charge in [-0.2, -0.15) is 0 Å². The Kier molecular flexibility index (Phi) is 6.95. The lowest BCUT2D eigenvalue weighted by molar-refractivity contribution is 0.0990. The Labute approximate surface area is 181 Å². The summed E-state index contributed by atoms with van der Waals surface area (Å²) in [5, 5.41) is 9.64. The molecular formula is C20H25IN4O3. The van der Waals surface area contributed by atoms with Crippen molar-refractivity contribution in [2.75, 3.05) is 12.4 Å². The molecule has 3 N–H and O–H groups in total. The highest BCUT2D eigenvalue weighted by Gasteiger charge is 2.41. The number of nitrogens with one attached hydrogen (secondary N) is 3. The van der Waals surface area contributed by atoms with Crippen molar-refractivity contribution in [3.05, 3.63) is 54.0 Å². The molecule has 3 heterocycles. The molecule has 2 aliphatic rings. The van der Waals surface area contributed by atoms with E-state index in [1.165, 1.54) is 12.7 Å². The lowest BCUT2D eigenvalue weighted by atomic mass is 9.96. The monoisotopic (exact) mass is 496 g/mol. The molecule has 1 amide bonds. The first-order valence-corrected chi connectivity index (χ1v) is 9.27. The Morgan fingerprint density at radius 1 is 1.25 bits per heavy atom. The molecule has 2 aromatic rings. The molecule has 0 saturated carbocycles. The molecule has 150 valence electrons. The van der Waals surface area contributed by atoms with Crippen LogP contribution in [-0.4, -0.2) is 37.2 Å². The Bertz CT molecular complexity index is 825. The molecule has 8 heteroatoms. The third-order valence-corrected chi connectivity index (χ3v) is 5.04. The average Bonchev–Trinajstić information content (AvgIpc) is 3.43. The van der Waals surface area contributed by atoms with Crippen molar-refractivity contribution in [3.8, 4) is 0 Å². The number of amides is 1. The van der Waals surface area contributed by atoms with Crippen LogP contribution in [0.15, 0.2) is 52.1 Å². The zero-order valence-corrected chi connectivity index (χ0v) is 18.0. The van der Waals surface area contributed by atoms with Crippen LogP contribution in [0.25, 0.3) is 0 Å². The molecule has 0 aliphatic carbocycles. The van der Waals surface area contributed by atoms with Gasteiger partial charge in [-0.15, -0.1) is 24.0 Å². The van der Waals surface area contributed by atoms with Crippen LogP contribution in [0.4, 0.5) is 5.69 Å². The highest BCUT2D eigenvalue weighted by molar-refractivity contribution is 14.0. The fourth-order valence-electron chi connectivity index (χ4n) is 3.71. The molecule has 3 unspecified atom stereocenters. The van der Waals surface area contributed by atoms with Gasteiger partial charge in [-0.3, -0.25) is 9.79 Å². The number of hydrogen-bond acceptors (Lipinski definition) is 4. The van der Waals surface area contributed by atoms with E-state index in [9.17, 15) is 4.79 Å². The van der Waals surface area contributed by atoms with Gasteiger partial charge in [0.05, 0.1) is 24.5 Å². The molecule has 7 nitrogen and oxygen atoms in total. The summed E-state index contributed by atoms with van der Waals surface area (Å²) in [5.41, 5.74) is 1.76. The van der Waals surface area contributed by atoms with Crippen LogP contribution in [0.2, 0.25) is 0 Å². The van der Waals surface area contributed by atoms with Crippen molar-refractivity contribution in [3.63, 3.8) is 0 Å². The SMILES string of the molecule is CN=C(NCc1cccc(NC(=O)c2ccco2)c1)NC1CC2CCC1O2.I. The van der Waals surface area contributed by atoms with E-state index in [4.69, 9.17) is 9.15 Å². The first-order chi connectivity index (χ1) is 13.2. The van der Waals surface area contributed by atoms with Gasteiger partial charge in [0, 0.05) is 19.3 Å². The maximum atomic E-state index is 12.1. The third-order valence-electron chi connectivity index (χ3n) is 5.04. The summed E-state index contributed by atoms with van der Waals surface area (Å²) in [7, 11) is 1.77. The maximum absolute atomic E-state index is 12.1. The second-order valence-corrected chi connectivity index (χ2v) is 6.92. The highest BCUT2D eigenvalue weighted by Crippen LogP contribution is 2.34. The lowest BCUT2D eigenvalue weighted by Gasteiger charge is -2.22. The van der Waals surface area contributed by atoms with Crippen molar-refractivity contribution in [1.29, 1.82) is 0 Å². The highest BCUT2D eigenvalue weighted by atomic mass is 127. The summed E-state index contributed by atoms with van der Waals surface area (Å²) < 4.78 is 11.0. The number of rotatable bonds is 5. The van der Waals surface area contributed by atoms with E-state index < -0.39 is 0 Å². The van der Waals surface area contributed by atoms with E-state index in [2.05, 4.69) is 20.9 Å². The molecule has 1 aromatic carbocycles. The number of hydrogen-bond donors (Lipinski definition) is 3. The van der Waals surface area contributed by atoms with Gasteiger partial charge in [0.2, 0.25) is 0 Å². The van der Waals surface area contributed by atoms with Crippen LogP contribution in [0.5, 0.6) is 0 Å². The molecule has 2 saturated heterocycles. The van der Waals surface area contributed by atoms with E-state index >= 15 is 0 Å². The van der Waals surface area contributed by atoms with Crippen molar-refractivity contribution < 1.29 is 13.9 Å². The third kappa shape index (κ3) is 4.85. The molecule has 2 fully saturated rings. The number of guanidine groups is 1. The zero-order valence-electron chi connectivity index (χ0n) is 15.7. The number of carbonyl (C=O) groups excluding carboxylic acids is 1. The molecule has 0 spiro atoms. The largest absolute Gasteiger partial charge is 0.459 e. The molecule has 28 heavy (non-hydrogen) atoms. The minimum absolute atomic E-state index is 0. The number of anilines is 1. The smallest absolute Gasteiger partial charge is 0.291 e. The first-order valence-electron chi connectivity index (χ1n) is 9.27. The predicted molar refractivity (Wildman–Crippen MR) is 118 cm³/mol. The lowest BCUT2D eigenvalue weighted by Crippen LogP contribution is -2.47. The Hall–Kier alpha value is -2.07. The number of benzene rings is 1. The fourth-order valence-corrected chi connectivity index (χ4v) is 3.71. The van der Waals surface area contributed by atoms with E-state index in [0.29, 0.717) is 24.8 Å². The maximum Gasteiger partial charge on any atom is 0.291 e. The van der Waals surface area contributed by atoms with E-state index in [0.717, 1.165) is 30.1 Å². The van der Waals surface area contributed by atoms with Crippen LogP contribution in [-0.2, 0) is 11.3 Å². The summed E-state index contributed by atoms with van der Waals surface area (Å²) in [6.07, 6.45) is 5.52. The van der Waals surface area contributed by atoms with Crippen LogP contribution < -0.4 is 16.0 Å². The van der Waals surface area contributed by atoms with Gasteiger partial charge in [-0.25, -0.2) is 0 Å². The minimum Gasteiger partial charge on any atom is -0.459 e. The first kappa shape index (κ1) is 20.7. The Morgan fingerprint density at radius 2 is 2.14 bits per heavy atom. The Balaban J connectivity index is 0.00000225. The Morgan fingerprint density at radius 3 is 2.82 bits per heavy atom. The number of ether oxygens (including phenoxy) is 1. The molecule has 4 rings (SSSR count). The molecule has 3 atom stereocenters. The molecule has 1 aromatic heterocycles. The van der Waals surface area contributed by atoms with Gasteiger partial charge in [0.25, 0.3) is 5.91 Å². The summed E-state index contributed by atoms with van der Waals surface area (Å²) in [6, 6.07) is 11.4. The van der Waals surface area contributed by atoms with Gasteiger partial charge in [-0.1, -0.05) is 12.1 Å². The number of furan rings is 1. The van der Waals surface area contributed by atoms with Gasteiger partial charge < -0.3 is 25.1 Å². The predicted octanol–water partition coefficient (Wildman–Crippen LogP) is 3.13. The van der Waals surface area contributed by atoms with Crippen molar-refractivity contribution in [2.24, 2.45) is 4.99 Å². The molecule has 2 aliphatic heterocycles. The average molecular weight is 496 g/mol. The summed E-state index contributed by atoms with van der Waals surface area (Å²) in [6.45, 7) is 0.603. The normalized spacial score (nSPS) is 23.2. The standard InChI is InChI=1S/C20H24N4O3.HI/c1-21-20(24-16-11-15-7-8-17(16)27-15)22-12-13-4-2-5-14(10-13)23-19(25)18-6-3-9-26-18;/h2-6,9-10,15-17H,7-8,11-12H2,1H3,(H,23,25)(H2,21,22,24);1H. The topological polar surface area (TPSA) is 87.9 Å². The number of halogens is 1. The van der Waals surface area contributed by atoms with E-state index in [-0.39, 0.29) is 35.6 Å². The molecule has 0 radical (unpaired) electrons. The van der Waals surface area contributed by atoms with Crippen LogP contribution in [0.3, 0.4) is 0 Å². The second kappa shape index (κ2) is 9.42. The number of fused-ring (bicyclic) bond motifs is 2. The molecular weight excluding hydrogens is 471 g/mol. The zero-order chi connectivity index (χ0) is 18.6. The van der Waals surface area contributed by atoms with E-state index in [1.54, 1.807) is 19.2 Å². The number of carbonyl (C=O) groups is 1. The van der Waals surface area contributed by atoms with Gasteiger partial charge in [0.1, 0.15) is 0 Å².